The summed E-state index contributed by atoms with van der Waals surface area (Å²) >= 11 is 0. The third-order valence-electron chi connectivity index (χ3n) is 5.31. The molecule has 0 aromatic rings. The standard InChI is InChI=1S/C19H35N3O3/c1-14(2)10-21-8-5-6-16(12-21)19(24)20-17-13-22(11-15(17)3)18(23)7-9-25-4/h14-17H,5-13H2,1-4H3,(H,20,24)/t15-,16?,17+/m1/s1. The van der Waals surface area contributed by atoms with Gasteiger partial charge in [0.25, 0.3) is 0 Å². The number of hydrogen-bond acceptors (Lipinski definition) is 4. The molecule has 1 N–H and O–H groups in total. The number of ether oxygens (including phenoxy) is 1. The Kier molecular flexibility index (Phi) is 7.69. The van der Waals surface area contributed by atoms with E-state index in [0.29, 0.717) is 31.4 Å². The minimum absolute atomic E-state index is 0.0690. The van der Waals surface area contributed by atoms with Crippen LogP contribution in [0.3, 0.4) is 0 Å². The Labute approximate surface area is 152 Å². The molecule has 6 heteroatoms. The average Bonchev–Trinajstić information content (AvgIpc) is 2.93. The SMILES string of the molecule is COCCC(=O)N1C[C@@H](C)[C@@H](NC(=O)C2CCCN(CC(C)C)C2)C1. The fourth-order valence-corrected chi connectivity index (χ4v) is 3.96. The Hall–Kier alpha value is -1.14. The number of carbonyl (C=O) groups is 2. The Morgan fingerprint density at radius 1 is 1.24 bits per heavy atom. The fourth-order valence-electron chi connectivity index (χ4n) is 3.96. The second-order valence-electron chi connectivity index (χ2n) is 8.13. The summed E-state index contributed by atoms with van der Waals surface area (Å²) in [4.78, 5) is 29.1. The van der Waals surface area contributed by atoms with E-state index >= 15 is 0 Å². The number of amides is 2. The molecule has 2 aliphatic heterocycles. The average molecular weight is 354 g/mol. The highest BCUT2D eigenvalue weighted by atomic mass is 16.5. The third-order valence-corrected chi connectivity index (χ3v) is 5.31. The van der Waals surface area contributed by atoms with Crippen molar-refractivity contribution < 1.29 is 14.3 Å². The van der Waals surface area contributed by atoms with Gasteiger partial charge in [0, 0.05) is 33.3 Å². The van der Waals surface area contributed by atoms with Gasteiger partial charge in [0.15, 0.2) is 0 Å². The molecule has 2 saturated heterocycles. The lowest BCUT2D eigenvalue weighted by Gasteiger charge is -2.33. The van der Waals surface area contributed by atoms with Gasteiger partial charge in [-0.25, -0.2) is 0 Å². The highest BCUT2D eigenvalue weighted by Crippen LogP contribution is 2.21. The molecular weight excluding hydrogens is 318 g/mol. The Morgan fingerprint density at radius 2 is 2.00 bits per heavy atom. The molecule has 0 spiro atoms. The summed E-state index contributed by atoms with van der Waals surface area (Å²) < 4.78 is 4.99. The lowest BCUT2D eigenvalue weighted by molar-refractivity contribution is -0.132. The van der Waals surface area contributed by atoms with Crippen LogP contribution in [0.2, 0.25) is 0 Å². The highest BCUT2D eigenvalue weighted by molar-refractivity contribution is 5.80. The van der Waals surface area contributed by atoms with E-state index in [4.69, 9.17) is 4.74 Å². The normalized spacial score (nSPS) is 27.7. The summed E-state index contributed by atoms with van der Waals surface area (Å²) in [6, 6.07) is 0.0690. The van der Waals surface area contributed by atoms with Gasteiger partial charge in [-0.1, -0.05) is 20.8 Å². The zero-order valence-electron chi connectivity index (χ0n) is 16.3. The first-order valence-electron chi connectivity index (χ1n) is 9.70. The minimum atomic E-state index is 0.0690. The van der Waals surface area contributed by atoms with Crippen LogP contribution < -0.4 is 5.32 Å². The van der Waals surface area contributed by atoms with Gasteiger partial charge in [-0.15, -0.1) is 0 Å². The van der Waals surface area contributed by atoms with Gasteiger partial charge >= 0.3 is 0 Å². The monoisotopic (exact) mass is 353 g/mol. The van der Waals surface area contributed by atoms with Crippen LogP contribution >= 0.6 is 0 Å². The number of likely N-dealkylation sites (tertiary alicyclic amines) is 2. The molecule has 3 atom stereocenters. The van der Waals surface area contributed by atoms with E-state index in [2.05, 4.69) is 31.0 Å². The molecule has 2 heterocycles. The summed E-state index contributed by atoms with van der Waals surface area (Å²) in [7, 11) is 1.61. The summed E-state index contributed by atoms with van der Waals surface area (Å²) in [5, 5.41) is 3.22. The Morgan fingerprint density at radius 3 is 2.68 bits per heavy atom. The van der Waals surface area contributed by atoms with Gasteiger partial charge in [0.1, 0.15) is 0 Å². The number of methoxy groups -OCH3 is 1. The first-order chi connectivity index (χ1) is 11.9. The van der Waals surface area contributed by atoms with Crippen LogP contribution in [0.1, 0.15) is 40.0 Å². The number of nitrogens with one attached hydrogen (secondary N) is 1. The molecule has 0 bridgehead atoms. The predicted molar refractivity (Wildman–Crippen MR) is 98.2 cm³/mol. The van der Waals surface area contributed by atoms with Gasteiger partial charge in [-0.3, -0.25) is 9.59 Å². The molecule has 0 aliphatic carbocycles. The second-order valence-corrected chi connectivity index (χ2v) is 8.13. The molecule has 2 amide bonds. The molecule has 0 aromatic carbocycles. The van der Waals surface area contributed by atoms with Crippen molar-refractivity contribution >= 4 is 11.8 Å². The van der Waals surface area contributed by atoms with Crippen molar-refractivity contribution in [1.82, 2.24) is 15.1 Å². The van der Waals surface area contributed by atoms with Gasteiger partial charge in [-0.2, -0.15) is 0 Å². The highest BCUT2D eigenvalue weighted by Gasteiger charge is 2.35. The summed E-state index contributed by atoms with van der Waals surface area (Å²) in [5.41, 5.74) is 0. The Balaban J connectivity index is 1.82. The molecule has 0 aromatic heterocycles. The van der Waals surface area contributed by atoms with Gasteiger partial charge in [0.05, 0.1) is 25.0 Å². The molecule has 2 rings (SSSR count). The minimum Gasteiger partial charge on any atom is -0.384 e. The predicted octanol–water partition coefficient (Wildman–Crippen LogP) is 1.35. The van der Waals surface area contributed by atoms with Crippen molar-refractivity contribution in [3.63, 3.8) is 0 Å². The fraction of sp³-hybridized carbons (Fsp3) is 0.895. The van der Waals surface area contributed by atoms with Gasteiger partial charge in [-0.05, 0) is 31.2 Å². The van der Waals surface area contributed by atoms with Crippen molar-refractivity contribution in [2.75, 3.05) is 46.4 Å². The first kappa shape index (κ1) is 20.2. The number of carbonyl (C=O) groups excluding carboxylic acids is 2. The quantitative estimate of drug-likeness (QED) is 0.751. The van der Waals surface area contributed by atoms with E-state index in [1.807, 2.05) is 4.90 Å². The topological polar surface area (TPSA) is 61.9 Å². The summed E-state index contributed by atoms with van der Waals surface area (Å²) in [5.74, 6) is 1.29. The van der Waals surface area contributed by atoms with Crippen molar-refractivity contribution in [3.8, 4) is 0 Å². The van der Waals surface area contributed by atoms with Crippen LogP contribution in [0.4, 0.5) is 0 Å². The molecule has 1 unspecified atom stereocenters. The molecule has 25 heavy (non-hydrogen) atoms. The van der Waals surface area contributed by atoms with E-state index in [0.717, 1.165) is 39.0 Å². The second kappa shape index (κ2) is 9.53. The van der Waals surface area contributed by atoms with Crippen LogP contribution in [0.15, 0.2) is 0 Å². The van der Waals surface area contributed by atoms with Crippen molar-refractivity contribution in [1.29, 1.82) is 0 Å². The largest absolute Gasteiger partial charge is 0.384 e. The summed E-state index contributed by atoms with van der Waals surface area (Å²) in [6.07, 6.45) is 2.47. The zero-order chi connectivity index (χ0) is 18.4. The van der Waals surface area contributed by atoms with Crippen LogP contribution in [0, 0.1) is 17.8 Å². The van der Waals surface area contributed by atoms with E-state index in [1.54, 1.807) is 7.11 Å². The maximum atomic E-state index is 12.7. The van der Waals surface area contributed by atoms with Crippen LogP contribution in [-0.4, -0.2) is 74.1 Å². The third kappa shape index (κ3) is 5.96. The molecule has 0 saturated carbocycles. The first-order valence-corrected chi connectivity index (χ1v) is 9.70. The van der Waals surface area contributed by atoms with E-state index in [1.165, 1.54) is 0 Å². The van der Waals surface area contributed by atoms with Crippen molar-refractivity contribution in [3.05, 3.63) is 0 Å². The molecule has 2 aliphatic rings. The van der Waals surface area contributed by atoms with E-state index < -0.39 is 0 Å². The molecule has 0 radical (unpaired) electrons. The van der Waals surface area contributed by atoms with Crippen molar-refractivity contribution in [2.45, 2.75) is 46.1 Å². The van der Waals surface area contributed by atoms with Crippen LogP contribution in [0.25, 0.3) is 0 Å². The number of rotatable bonds is 7. The summed E-state index contributed by atoms with van der Waals surface area (Å²) in [6.45, 7) is 11.4. The number of piperidine rings is 1. The lowest BCUT2D eigenvalue weighted by atomic mass is 9.95. The van der Waals surface area contributed by atoms with Crippen molar-refractivity contribution in [2.24, 2.45) is 17.8 Å². The maximum absolute atomic E-state index is 12.7. The Bertz CT molecular complexity index is 455. The van der Waals surface area contributed by atoms with Crippen LogP contribution in [-0.2, 0) is 14.3 Å². The molecule has 2 fully saturated rings. The maximum Gasteiger partial charge on any atom is 0.224 e. The molecule has 144 valence electrons. The van der Waals surface area contributed by atoms with E-state index in [9.17, 15) is 9.59 Å². The van der Waals surface area contributed by atoms with Gasteiger partial charge in [0.2, 0.25) is 11.8 Å². The molecule has 6 nitrogen and oxygen atoms in total. The number of hydrogen-bond donors (Lipinski definition) is 1. The molecular formula is C19H35N3O3. The van der Waals surface area contributed by atoms with E-state index in [-0.39, 0.29) is 23.8 Å². The number of nitrogens with zero attached hydrogens (tertiary/aromatic N) is 2. The smallest absolute Gasteiger partial charge is 0.224 e. The van der Waals surface area contributed by atoms with Crippen LogP contribution in [0.5, 0.6) is 0 Å². The van der Waals surface area contributed by atoms with Gasteiger partial charge < -0.3 is 19.9 Å². The lowest BCUT2D eigenvalue weighted by Crippen LogP contribution is -2.48. The zero-order valence-corrected chi connectivity index (χ0v) is 16.3.